The van der Waals surface area contributed by atoms with E-state index in [-0.39, 0.29) is 0 Å². The molecule has 2 rings (SSSR count). The minimum Gasteiger partial charge on any atom is -0.388 e. The summed E-state index contributed by atoms with van der Waals surface area (Å²) >= 11 is 0. The molecular formula is C11H12N2. The van der Waals surface area contributed by atoms with Crippen molar-refractivity contribution < 1.29 is 0 Å². The van der Waals surface area contributed by atoms with Gasteiger partial charge in [0, 0.05) is 24.3 Å². The van der Waals surface area contributed by atoms with E-state index >= 15 is 0 Å². The van der Waals surface area contributed by atoms with Crippen molar-refractivity contribution in [2.24, 2.45) is 0 Å². The van der Waals surface area contributed by atoms with Crippen molar-refractivity contribution in [3.8, 4) is 0 Å². The van der Waals surface area contributed by atoms with Gasteiger partial charge in [0.05, 0.1) is 5.52 Å². The van der Waals surface area contributed by atoms with Gasteiger partial charge in [-0.05, 0) is 36.8 Å². The molecule has 0 fully saturated rings. The van der Waals surface area contributed by atoms with Crippen LogP contribution in [-0.4, -0.2) is 12.0 Å². The number of aryl methyl sites for hydroxylation is 1. The van der Waals surface area contributed by atoms with Crippen LogP contribution >= 0.6 is 0 Å². The Kier molecular flexibility index (Phi) is 1.89. The fraction of sp³-hybridized carbons (Fsp3) is 0.182. The lowest BCUT2D eigenvalue weighted by molar-refractivity contribution is 1.33. The van der Waals surface area contributed by atoms with Gasteiger partial charge >= 0.3 is 0 Å². The summed E-state index contributed by atoms with van der Waals surface area (Å²) in [5.41, 5.74) is 3.37. The largest absolute Gasteiger partial charge is 0.388 e. The number of benzene rings is 1. The Balaban J connectivity index is 2.68. The van der Waals surface area contributed by atoms with E-state index < -0.39 is 0 Å². The topological polar surface area (TPSA) is 24.9 Å². The summed E-state index contributed by atoms with van der Waals surface area (Å²) in [4.78, 5) is 4.33. The molecule has 0 spiro atoms. The fourth-order valence-electron chi connectivity index (χ4n) is 1.40. The minimum atomic E-state index is 1.05. The van der Waals surface area contributed by atoms with Crippen LogP contribution in [0.3, 0.4) is 0 Å². The lowest BCUT2D eigenvalue weighted by atomic mass is 10.1. The Morgan fingerprint density at radius 3 is 2.85 bits per heavy atom. The molecule has 0 aliphatic carbocycles. The summed E-state index contributed by atoms with van der Waals surface area (Å²) in [6.45, 7) is 2.05. The van der Waals surface area contributed by atoms with E-state index in [0.29, 0.717) is 0 Å². The van der Waals surface area contributed by atoms with Crippen LogP contribution in [0.25, 0.3) is 10.9 Å². The van der Waals surface area contributed by atoms with Crippen LogP contribution in [0.1, 0.15) is 5.56 Å². The summed E-state index contributed by atoms with van der Waals surface area (Å²) < 4.78 is 0. The molecule has 1 heterocycles. The van der Waals surface area contributed by atoms with Crippen molar-refractivity contribution in [2.45, 2.75) is 6.92 Å². The molecular weight excluding hydrogens is 160 g/mol. The van der Waals surface area contributed by atoms with Crippen LogP contribution in [0.5, 0.6) is 0 Å². The molecule has 2 nitrogen and oxygen atoms in total. The molecule has 0 radical (unpaired) electrons. The molecule has 1 N–H and O–H groups in total. The number of nitrogens with zero attached hydrogens (tertiary/aromatic N) is 1. The highest BCUT2D eigenvalue weighted by atomic mass is 14.8. The SMILES string of the molecule is CNc1ccc2ncc(C)cc2c1. The van der Waals surface area contributed by atoms with Gasteiger partial charge in [0.1, 0.15) is 0 Å². The van der Waals surface area contributed by atoms with Gasteiger partial charge in [0.15, 0.2) is 0 Å². The first-order chi connectivity index (χ1) is 6.29. The van der Waals surface area contributed by atoms with Gasteiger partial charge in [-0.15, -0.1) is 0 Å². The molecule has 2 aromatic rings. The number of pyridine rings is 1. The van der Waals surface area contributed by atoms with Crippen molar-refractivity contribution in [3.63, 3.8) is 0 Å². The second-order valence-corrected chi connectivity index (χ2v) is 3.17. The van der Waals surface area contributed by atoms with Crippen molar-refractivity contribution in [1.82, 2.24) is 4.98 Å². The normalized spacial score (nSPS) is 10.3. The van der Waals surface area contributed by atoms with E-state index in [4.69, 9.17) is 0 Å². The third kappa shape index (κ3) is 1.47. The lowest BCUT2D eigenvalue weighted by Gasteiger charge is -2.02. The molecule has 0 aliphatic rings. The zero-order valence-electron chi connectivity index (χ0n) is 7.83. The third-order valence-corrected chi connectivity index (χ3v) is 2.11. The van der Waals surface area contributed by atoms with Crippen molar-refractivity contribution in [2.75, 3.05) is 12.4 Å². The van der Waals surface area contributed by atoms with Crippen LogP contribution in [0.2, 0.25) is 0 Å². The van der Waals surface area contributed by atoms with Gasteiger partial charge in [-0.1, -0.05) is 0 Å². The van der Waals surface area contributed by atoms with E-state index in [1.165, 1.54) is 10.9 Å². The maximum Gasteiger partial charge on any atom is 0.0703 e. The Bertz CT molecular complexity index is 435. The standard InChI is InChI=1S/C11H12N2/c1-8-5-9-6-10(12-2)3-4-11(9)13-7-8/h3-7,12H,1-2H3. The second kappa shape index (κ2) is 3.05. The van der Waals surface area contributed by atoms with Gasteiger partial charge in [0.2, 0.25) is 0 Å². The highest BCUT2D eigenvalue weighted by Gasteiger charge is 1.95. The molecule has 0 saturated heterocycles. The highest BCUT2D eigenvalue weighted by molar-refractivity contribution is 5.82. The van der Waals surface area contributed by atoms with Gasteiger partial charge in [-0.25, -0.2) is 0 Å². The average molecular weight is 172 g/mol. The fourth-order valence-corrected chi connectivity index (χ4v) is 1.40. The molecule has 0 unspecified atom stereocenters. The maximum absolute atomic E-state index is 4.33. The van der Waals surface area contributed by atoms with Gasteiger partial charge in [-0.3, -0.25) is 4.98 Å². The Hall–Kier alpha value is -1.57. The Labute approximate surface area is 77.6 Å². The van der Waals surface area contributed by atoms with Crippen molar-refractivity contribution >= 4 is 16.6 Å². The number of aromatic nitrogens is 1. The molecule has 2 heteroatoms. The average Bonchev–Trinajstić information content (AvgIpc) is 2.16. The van der Waals surface area contributed by atoms with E-state index in [1.807, 2.05) is 25.4 Å². The molecule has 66 valence electrons. The number of rotatable bonds is 1. The number of hydrogen-bond donors (Lipinski definition) is 1. The first-order valence-corrected chi connectivity index (χ1v) is 4.34. The van der Waals surface area contributed by atoms with E-state index in [1.54, 1.807) is 0 Å². The molecule has 0 bridgehead atoms. The molecule has 0 saturated carbocycles. The first kappa shape index (κ1) is 8.05. The van der Waals surface area contributed by atoms with Gasteiger partial charge in [-0.2, -0.15) is 0 Å². The van der Waals surface area contributed by atoms with Crippen LogP contribution < -0.4 is 5.32 Å². The zero-order valence-corrected chi connectivity index (χ0v) is 7.83. The summed E-state index contributed by atoms with van der Waals surface area (Å²) in [6.07, 6.45) is 1.89. The summed E-state index contributed by atoms with van der Waals surface area (Å²) in [7, 11) is 1.92. The van der Waals surface area contributed by atoms with Gasteiger partial charge < -0.3 is 5.32 Å². The summed E-state index contributed by atoms with van der Waals surface area (Å²) in [6, 6.07) is 8.31. The van der Waals surface area contributed by atoms with Crippen LogP contribution in [0.4, 0.5) is 5.69 Å². The Morgan fingerprint density at radius 1 is 1.23 bits per heavy atom. The minimum absolute atomic E-state index is 1.05. The molecule has 1 aromatic carbocycles. The number of fused-ring (bicyclic) bond motifs is 1. The quantitative estimate of drug-likeness (QED) is 0.715. The Morgan fingerprint density at radius 2 is 2.08 bits per heavy atom. The predicted octanol–water partition coefficient (Wildman–Crippen LogP) is 2.58. The molecule has 13 heavy (non-hydrogen) atoms. The molecule has 0 amide bonds. The molecule has 0 atom stereocenters. The van der Waals surface area contributed by atoms with Crippen LogP contribution in [0, 0.1) is 6.92 Å². The van der Waals surface area contributed by atoms with Gasteiger partial charge in [0.25, 0.3) is 0 Å². The van der Waals surface area contributed by atoms with Crippen LogP contribution in [0.15, 0.2) is 30.5 Å². The first-order valence-electron chi connectivity index (χ1n) is 4.34. The van der Waals surface area contributed by atoms with E-state index in [9.17, 15) is 0 Å². The van der Waals surface area contributed by atoms with E-state index in [0.717, 1.165) is 11.2 Å². The smallest absolute Gasteiger partial charge is 0.0703 e. The van der Waals surface area contributed by atoms with Crippen LogP contribution in [-0.2, 0) is 0 Å². The number of anilines is 1. The summed E-state index contributed by atoms with van der Waals surface area (Å²) in [5, 5.41) is 4.30. The monoisotopic (exact) mass is 172 g/mol. The molecule has 0 aliphatic heterocycles. The lowest BCUT2D eigenvalue weighted by Crippen LogP contribution is -1.88. The predicted molar refractivity (Wildman–Crippen MR) is 56.0 cm³/mol. The van der Waals surface area contributed by atoms with Crippen molar-refractivity contribution in [1.29, 1.82) is 0 Å². The zero-order chi connectivity index (χ0) is 9.26. The van der Waals surface area contributed by atoms with Crippen molar-refractivity contribution in [3.05, 3.63) is 36.0 Å². The van der Waals surface area contributed by atoms with E-state index in [2.05, 4.69) is 29.4 Å². The second-order valence-electron chi connectivity index (χ2n) is 3.17. The molecule has 1 aromatic heterocycles. The number of nitrogens with one attached hydrogen (secondary N) is 1. The third-order valence-electron chi connectivity index (χ3n) is 2.11. The highest BCUT2D eigenvalue weighted by Crippen LogP contribution is 2.17. The summed E-state index contributed by atoms with van der Waals surface area (Å²) in [5.74, 6) is 0. The number of hydrogen-bond acceptors (Lipinski definition) is 2. The maximum atomic E-state index is 4.33.